The lowest BCUT2D eigenvalue weighted by molar-refractivity contribution is -0.110. The minimum Gasteiger partial charge on any atom is -0.321 e. The molecular weight excluding hydrogens is 293 g/mol. The van der Waals surface area contributed by atoms with Crippen molar-refractivity contribution in [2.75, 3.05) is 5.32 Å². The summed E-state index contributed by atoms with van der Waals surface area (Å²) in [6, 6.07) is 13.0. The van der Waals surface area contributed by atoms with Gasteiger partial charge in [0, 0.05) is 11.3 Å². The molecule has 0 unspecified atom stereocenters. The predicted molar refractivity (Wildman–Crippen MR) is 84.0 cm³/mol. The molecule has 4 heteroatoms. The summed E-state index contributed by atoms with van der Waals surface area (Å²) in [5.74, 6) is -0.0882. The first-order valence-corrected chi connectivity index (χ1v) is 6.90. The quantitative estimate of drug-likeness (QED) is 0.748. The minimum atomic E-state index is -0.0882. The molecular formula is C16H11Cl2NO. The van der Waals surface area contributed by atoms with Crippen LogP contribution < -0.4 is 5.32 Å². The highest BCUT2D eigenvalue weighted by atomic mass is 35.5. The molecule has 1 heterocycles. The van der Waals surface area contributed by atoms with Crippen molar-refractivity contribution in [2.45, 2.75) is 6.92 Å². The molecule has 1 N–H and O–H groups in total. The second-order valence-electron chi connectivity index (χ2n) is 4.63. The van der Waals surface area contributed by atoms with E-state index in [1.165, 1.54) is 0 Å². The maximum atomic E-state index is 12.2. The average molecular weight is 304 g/mol. The van der Waals surface area contributed by atoms with Gasteiger partial charge in [-0.2, -0.15) is 0 Å². The predicted octanol–water partition coefficient (Wildman–Crippen LogP) is 4.88. The standard InChI is InChI=1S/C16H11Cl2NO/c1-9(10-6-7-12(17)13(18)8-10)15-11-4-2-3-5-14(11)19-16(15)20/h2-8H,1H3,(H,19,20)/b15-9+. The van der Waals surface area contributed by atoms with Crippen LogP contribution in [0, 0.1) is 0 Å². The van der Waals surface area contributed by atoms with Crippen molar-refractivity contribution in [3.63, 3.8) is 0 Å². The lowest BCUT2D eigenvalue weighted by Gasteiger charge is -2.07. The first-order valence-electron chi connectivity index (χ1n) is 6.15. The second-order valence-corrected chi connectivity index (χ2v) is 5.44. The van der Waals surface area contributed by atoms with Gasteiger partial charge < -0.3 is 5.32 Å². The number of anilines is 1. The summed E-state index contributed by atoms with van der Waals surface area (Å²) in [5, 5.41) is 3.85. The maximum Gasteiger partial charge on any atom is 0.256 e. The Morgan fingerprint density at radius 1 is 1.05 bits per heavy atom. The summed E-state index contributed by atoms with van der Waals surface area (Å²) in [6.07, 6.45) is 0. The van der Waals surface area contributed by atoms with Crippen LogP contribution >= 0.6 is 23.2 Å². The lowest BCUT2D eigenvalue weighted by Crippen LogP contribution is -2.05. The Bertz CT molecular complexity index is 750. The van der Waals surface area contributed by atoms with Gasteiger partial charge in [-0.1, -0.05) is 47.5 Å². The summed E-state index contributed by atoms with van der Waals surface area (Å²) < 4.78 is 0. The molecule has 1 amide bonds. The fraction of sp³-hybridized carbons (Fsp3) is 0.0625. The van der Waals surface area contributed by atoms with Crippen molar-refractivity contribution in [3.8, 4) is 0 Å². The van der Waals surface area contributed by atoms with Crippen LogP contribution in [0.25, 0.3) is 11.1 Å². The van der Waals surface area contributed by atoms with Crippen molar-refractivity contribution in [1.29, 1.82) is 0 Å². The normalized spacial score (nSPS) is 15.8. The van der Waals surface area contributed by atoms with E-state index in [2.05, 4.69) is 5.32 Å². The van der Waals surface area contributed by atoms with Crippen LogP contribution in [0.4, 0.5) is 5.69 Å². The van der Waals surface area contributed by atoms with E-state index in [9.17, 15) is 4.79 Å². The van der Waals surface area contributed by atoms with Gasteiger partial charge in [0.2, 0.25) is 0 Å². The molecule has 0 saturated heterocycles. The van der Waals surface area contributed by atoms with Crippen LogP contribution in [0.5, 0.6) is 0 Å². The molecule has 0 atom stereocenters. The van der Waals surface area contributed by atoms with E-state index in [0.717, 1.165) is 22.4 Å². The summed E-state index contributed by atoms with van der Waals surface area (Å²) in [7, 11) is 0. The number of halogens is 2. The number of carbonyl (C=O) groups excluding carboxylic acids is 1. The first-order chi connectivity index (χ1) is 9.58. The number of rotatable bonds is 1. The van der Waals surface area contributed by atoms with Gasteiger partial charge >= 0.3 is 0 Å². The van der Waals surface area contributed by atoms with Crippen molar-refractivity contribution < 1.29 is 4.79 Å². The maximum absolute atomic E-state index is 12.2. The molecule has 3 rings (SSSR count). The number of benzene rings is 2. The molecule has 20 heavy (non-hydrogen) atoms. The number of allylic oxidation sites excluding steroid dienone is 1. The zero-order valence-corrected chi connectivity index (χ0v) is 12.2. The smallest absolute Gasteiger partial charge is 0.256 e. The van der Waals surface area contributed by atoms with E-state index >= 15 is 0 Å². The Labute approximate surface area is 127 Å². The third-order valence-electron chi connectivity index (χ3n) is 3.40. The Morgan fingerprint density at radius 2 is 1.80 bits per heavy atom. The van der Waals surface area contributed by atoms with Crippen molar-refractivity contribution in [1.82, 2.24) is 0 Å². The molecule has 100 valence electrons. The second kappa shape index (κ2) is 4.97. The molecule has 0 saturated carbocycles. The fourth-order valence-corrected chi connectivity index (χ4v) is 2.66. The number of carbonyl (C=O) groups is 1. The lowest BCUT2D eigenvalue weighted by atomic mass is 9.97. The molecule has 1 aliphatic rings. The topological polar surface area (TPSA) is 29.1 Å². The Hall–Kier alpha value is -1.77. The molecule has 0 bridgehead atoms. The SMILES string of the molecule is C/C(=C1\C(=O)Nc2ccccc21)c1ccc(Cl)c(Cl)c1. The number of amides is 1. The summed E-state index contributed by atoms with van der Waals surface area (Å²) in [4.78, 5) is 12.2. The summed E-state index contributed by atoms with van der Waals surface area (Å²) >= 11 is 12.0. The molecule has 2 nitrogen and oxygen atoms in total. The van der Waals surface area contributed by atoms with Crippen molar-refractivity contribution in [3.05, 3.63) is 63.6 Å². The number of hydrogen-bond donors (Lipinski definition) is 1. The van der Waals surface area contributed by atoms with E-state index < -0.39 is 0 Å². The van der Waals surface area contributed by atoms with Gasteiger partial charge in [0.25, 0.3) is 5.91 Å². The van der Waals surface area contributed by atoms with Gasteiger partial charge in [0.1, 0.15) is 0 Å². The van der Waals surface area contributed by atoms with Crippen LogP contribution in [0.2, 0.25) is 10.0 Å². The fourth-order valence-electron chi connectivity index (χ4n) is 2.36. The van der Waals surface area contributed by atoms with Gasteiger partial charge in [0.15, 0.2) is 0 Å². The highest BCUT2D eigenvalue weighted by Crippen LogP contribution is 2.37. The third-order valence-corrected chi connectivity index (χ3v) is 4.14. The van der Waals surface area contributed by atoms with Gasteiger partial charge in [-0.05, 0) is 36.3 Å². The van der Waals surface area contributed by atoms with Crippen LogP contribution in [0.1, 0.15) is 18.1 Å². The van der Waals surface area contributed by atoms with E-state index in [1.807, 2.05) is 37.3 Å². The minimum absolute atomic E-state index is 0.0882. The highest BCUT2D eigenvalue weighted by Gasteiger charge is 2.25. The molecule has 0 radical (unpaired) electrons. The van der Waals surface area contributed by atoms with E-state index in [-0.39, 0.29) is 5.91 Å². The highest BCUT2D eigenvalue weighted by molar-refractivity contribution is 6.42. The number of fused-ring (bicyclic) bond motifs is 1. The molecule has 0 aliphatic carbocycles. The molecule has 0 fully saturated rings. The van der Waals surface area contributed by atoms with Crippen LogP contribution in [0.3, 0.4) is 0 Å². The zero-order valence-electron chi connectivity index (χ0n) is 10.7. The van der Waals surface area contributed by atoms with Crippen molar-refractivity contribution >= 4 is 45.9 Å². The Balaban J connectivity index is 2.18. The zero-order chi connectivity index (χ0) is 14.3. The Kier molecular flexibility index (Phi) is 3.28. The Morgan fingerprint density at radius 3 is 2.55 bits per heavy atom. The molecule has 1 aliphatic heterocycles. The average Bonchev–Trinajstić information content (AvgIpc) is 2.77. The van der Waals surface area contributed by atoms with Gasteiger partial charge in [0.05, 0.1) is 15.6 Å². The van der Waals surface area contributed by atoms with E-state index in [0.29, 0.717) is 15.6 Å². The summed E-state index contributed by atoms with van der Waals surface area (Å²) in [6.45, 7) is 1.91. The molecule has 2 aromatic carbocycles. The van der Waals surface area contributed by atoms with E-state index in [1.54, 1.807) is 12.1 Å². The van der Waals surface area contributed by atoms with Crippen LogP contribution in [-0.2, 0) is 4.79 Å². The molecule has 0 aromatic heterocycles. The first kappa shape index (κ1) is 13.2. The molecule has 2 aromatic rings. The van der Waals surface area contributed by atoms with Crippen LogP contribution in [0.15, 0.2) is 42.5 Å². The largest absolute Gasteiger partial charge is 0.321 e. The van der Waals surface area contributed by atoms with Gasteiger partial charge in [-0.3, -0.25) is 4.79 Å². The van der Waals surface area contributed by atoms with Gasteiger partial charge in [-0.15, -0.1) is 0 Å². The van der Waals surface area contributed by atoms with Gasteiger partial charge in [-0.25, -0.2) is 0 Å². The van der Waals surface area contributed by atoms with E-state index in [4.69, 9.17) is 23.2 Å². The van der Waals surface area contributed by atoms with Crippen molar-refractivity contribution in [2.24, 2.45) is 0 Å². The number of nitrogens with one attached hydrogen (secondary N) is 1. The number of para-hydroxylation sites is 1. The summed E-state index contributed by atoms with van der Waals surface area (Å²) in [5.41, 5.74) is 4.21. The third kappa shape index (κ3) is 2.11. The monoisotopic (exact) mass is 303 g/mol. The number of hydrogen-bond acceptors (Lipinski definition) is 1. The van der Waals surface area contributed by atoms with Crippen LogP contribution in [-0.4, -0.2) is 5.91 Å². The molecule has 0 spiro atoms.